The van der Waals surface area contributed by atoms with E-state index in [1.807, 2.05) is 6.92 Å². The van der Waals surface area contributed by atoms with E-state index in [1.54, 1.807) is 19.9 Å². The van der Waals surface area contributed by atoms with Gasteiger partial charge in [0.1, 0.15) is 86.0 Å². The number of ether oxygens (including phenoxy) is 8. The Hall–Kier alpha value is -2.83. The molecule has 3 aliphatic heterocycles. The fourth-order valence-electron chi connectivity index (χ4n) is 15.7. The van der Waals surface area contributed by atoms with Crippen LogP contribution in [0, 0.1) is 44.8 Å². The maximum Gasteiger partial charge on any atom is 0.335 e. The van der Waals surface area contributed by atoms with Crippen LogP contribution in [0.2, 0.25) is 0 Å². The summed E-state index contributed by atoms with van der Waals surface area (Å²) in [4.78, 5) is 38.5. The van der Waals surface area contributed by atoms with Crippen LogP contribution in [0.15, 0.2) is 23.3 Å². The van der Waals surface area contributed by atoms with Gasteiger partial charge in [-0.2, -0.15) is 0 Å². The normalized spacial score (nSPS) is 50.9. The minimum absolute atomic E-state index is 0.0692. The number of fused-ring (bicyclic) bond motifs is 7. The second kappa shape index (κ2) is 22.5. The zero-order chi connectivity index (χ0) is 56.6. The summed E-state index contributed by atoms with van der Waals surface area (Å²) in [7, 11) is 0. The molecular formula is C53H82O24. The number of allylic oxidation sites excluding steroid dienone is 3. The molecule has 5 aliphatic carbocycles. The van der Waals surface area contributed by atoms with E-state index in [2.05, 4.69) is 26.8 Å². The van der Waals surface area contributed by atoms with Crippen molar-refractivity contribution >= 4 is 17.9 Å². The van der Waals surface area contributed by atoms with Crippen LogP contribution in [-0.4, -0.2) is 227 Å². The van der Waals surface area contributed by atoms with Gasteiger partial charge in [0.2, 0.25) is 0 Å². The molecule has 438 valence electrons. The van der Waals surface area contributed by atoms with Gasteiger partial charge in [-0.25, -0.2) is 9.59 Å². The molecule has 4 saturated carbocycles. The molecule has 24 heteroatoms. The quantitative estimate of drug-likeness (QED) is 0.0389. The molecule has 0 aromatic heterocycles. The van der Waals surface area contributed by atoms with Gasteiger partial charge in [0.05, 0.1) is 37.4 Å². The fourth-order valence-corrected chi connectivity index (χ4v) is 15.7. The van der Waals surface area contributed by atoms with Crippen LogP contribution in [-0.2, 0) is 52.3 Å². The Labute approximate surface area is 446 Å². The number of carbonyl (C=O) groups is 3. The highest BCUT2D eigenvalue weighted by Crippen LogP contribution is 2.75. The Kier molecular flexibility index (Phi) is 17.6. The summed E-state index contributed by atoms with van der Waals surface area (Å²) >= 11 is 0. The number of aliphatic hydroxyl groups is 12. The van der Waals surface area contributed by atoms with Crippen molar-refractivity contribution in [3.63, 3.8) is 0 Å². The number of hydrogen-bond acceptors (Lipinski definition) is 23. The maximum absolute atomic E-state index is 13.1. The Morgan fingerprint density at radius 1 is 0.701 bits per heavy atom. The first kappa shape index (κ1) is 60.3. The molecule has 7 fully saturated rings. The van der Waals surface area contributed by atoms with Crippen molar-refractivity contribution < 1.29 is 119 Å². The van der Waals surface area contributed by atoms with Gasteiger partial charge in [-0.05, 0) is 99.2 Å². The number of esters is 2. The van der Waals surface area contributed by atoms with E-state index in [1.165, 1.54) is 6.92 Å². The SMILES string of the molecule is C/C=C(/C)C(=O)O[C@@H]1CCC2C3=CC[C@@H]4[C@@]5(C)CC[C@H](O[C@@H]6O[C@H](C(=O)O)[C@@H](O[C@H]7O[C@H](CO)[C@@H](O)[C@H](O)[C@H]7O)[C@H](O)[C@H]6O[C@H]6O[C@H](CO)[C@@H](O)[C@H](O)[C@H]6O)[C@](C)(CO)[C@@H]5CC[C@@]4(C)[C@@]3(C)C[C@H](O)[C@@]2(COC(C)=O)[C@H]1O. The first-order valence-corrected chi connectivity index (χ1v) is 26.9. The lowest BCUT2D eigenvalue weighted by molar-refractivity contribution is -0.392. The Balaban J connectivity index is 1.10. The molecule has 8 aliphatic rings. The van der Waals surface area contributed by atoms with E-state index in [-0.39, 0.29) is 31.3 Å². The third-order valence-electron chi connectivity index (χ3n) is 20.4. The summed E-state index contributed by atoms with van der Waals surface area (Å²) in [5.41, 5.74) is -2.83. The van der Waals surface area contributed by atoms with E-state index in [0.717, 1.165) is 5.57 Å². The predicted molar refractivity (Wildman–Crippen MR) is 260 cm³/mol. The van der Waals surface area contributed by atoms with Gasteiger partial charge in [-0.3, -0.25) is 4.79 Å². The van der Waals surface area contributed by atoms with Crippen molar-refractivity contribution in [1.82, 2.24) is 0 Å². The summed E-state index contributed by atoms with van der Waals surface area (Å²) in [6, 6.07) is 0. The van der Waals surface area contributed by atoms with Gasteiger partial charge in [-0.1, -0.05) is 45.4 Å². The van der Waals surface area contributed by atoms with Gasteiger partial charge in [0.25, 0.3) is 0 Å². The summed E-state index contributed by atoms with van der Waals surface area (Å²) in [5, 5.41) is 143. The van der Waals surface area contributed by atoms with E-state index >= 15 is 0 Å². The van der Waals surface area contributed by atoms with Crippen molar-refractivity contribution in [2.75, 3.05) is 26.4 Å². The second-order valence-electron chi connectivity index (χ2n) is 24.1. The molecule has 24 nitrogen and oxygen atoms in total. The molecule has 0 bridgehead atoms. The zero-order valence-electron chi connectivity index (χ0n) is 44.6. The molecule has 0 aromatic carbocycles. The smallest absolute Gasteiger partial charge is 0.335 e. The molecule has 27 atom stereocenters. The van der Waals surface area contributed by atoms with E-state index in [4.69, 9.17) is 37.9 Å². The molecule has 3 heterocycles. The second-order valence-corrected chi connectivity index (χ2v) is 24.1. The highest BCUT2D eigenvalue weighted by molar-refractivity contribution is 5.87. The first-order valence-electron chi connectivity index (χ1n) is 26.9. The average Bonchev–Trinajstić information content (AvgIpc) is 3.39. The summed E-state index contributed by atoms with van der Waals surface area (Å²) in [6.45, 7) is 10.5. The van der Waals surface area contributed by atoms with Crippen LogP contribution in [0.4, 0.5) is 0 Å². The molecule has 0 aromatic rings. The number of aliphatic carboxylic acids is 1. The van der Waals surface area contributed by atoms with Crippen LogP contribution < -0.4 is 0 Å². The minimum atomic E-state index is -2.17. The molecule has 1 unspecified atom stereocenters. The lowest BCUT2D eigenvalue weighted by Gasteiger charge is -2.72. The lowest BCUT2D eigenvalue weighted by atomic mass is 9.33. The van der Waals surface area contributed by atoms with Gasteiger partial charge < -0.3 is 104 Å². The van der Waals surface area contributed by atoms with Gasteiger partial charge in [0.15, 0.2) is 25.0 Å². The number of rotatable bonds is 14. The maximum atomic E-state index is 13.1. The lowest BCUT2D eigenvalue weighted by Crippen LogP contribution is -2.70. The number of hydrogen-bond donors (Lipinski definition) is 13. The Morgan fingerprint density at radius 3 is 1.84 bits per heavy atom. The largest absolute Gasteiger partial charge is 0.479 e. The van der Waals surface area contributed by atoms with Crippen LogP contribution in [0.25, 0.3) is 0 Å². The fraction of sp³-hybridized carbons (Fsp3) is 0.868. The van der Waals surface area contributed by atoms with Gasteiger partial charge in [-0.15, -0.1) is 0 Å². The number of aliphatic hydroxyl groups excluding tert-OH is 12. The summed E-state index contributed by atoms with van der Waals surface area (Å²) < 4.78 is 47.3. The minimum Gasteiger partial charge on any atom is -0.479 e. The molecule has 0 spiro atoms. The molecular weight excluding hydrogens is 1020 g/mol. The van der Waals surface area contributed by atoms with Crippen molar-refractivity contribution in [1.29, 1.82) is 0 Å². The van der Waals surface area contributed by atoms with E-state index in [9.17, 15) is 80.8 Å². The molecule has 0 amide bonds. The molecule has 13 N–H and O–H groups in total. The number of carbonyl (C=O) groups excluding carboxylic acids is 2. The molecule has 0 radical (unpaired) electrons. The van der Waals surface area contributed by atoms with Crippen molar-refractivity contribution in [3.8, 4) is 0 Å². The van der Waals surface area contributed by atoms with Crippen LogP contribution in [0.3, 0.4) is 0 Å². The predicted octanol–water partition coefficient (Wildman–Crippen LogP) is -1.96. The van der Waals surface area contributed by atoms with E-state index in [0.29, 0.717) is 44.1 Å². The number of carboxylic acids is 1. The Bertz CT molecular complexity index is 2210. The van der Waals surface area contributed by atoms with Gasteiger partial charge >= 0.3 is 17.9 Å². The first-order chi connectivity index (χ1) is 36.1. The zero-order valence-corrected chi connectivity index (χ0v) is 44.6. The van der Waals surface area contributed by atoms with Crippen molar-refractivity contribution in [2.45, 2.75) is 216 Å². The highest BCUT2D eigenvalue weighted by atomic mass is 16.8. The van der Waals surface area contributed by atoms with Crippen LogP contribution in [0.5, 0.6) is 0 Å². The van der Waals surface area contributed by atoms with E-state index < -0.39 is 187 Å². The molecule has 3 saturated heterocycles. The Morgan fingerprint density at radius 2 is 1.30 bits per heavy atom. The third kappa shape index (κ3) is 9.83. The number of carboxylic acid groups (broad SMARTS) is 1. The summed E-state index contributed by atoms with van der Waals surface area (Å²) in [6.07, 6.45) is -26.2. The topological polar surface area (TPSA) is 388 Å². The monoisotopic (exact) mass is 1100 g/mol. The highest BCUT2D eigenvalue weighted by Gasteiger charge is 2.72. The average molecular weight is 1100 g/mol. The van der Waals surface area contributed by atoms with Gasteiger partial charge in [0, 0.05) is 17.9 Å². The molecule has 77 heavy (non-hydrogen) atoms. The molecule has 8 rings (SSSR count). The van der Waals surface area contributed by atoms with Crippen LogP contribution >= 0.6 is 0 Å². The summed E-state index contributed by atoms with van der Waals surface area (Å²) in [5.74, 6) is -3.73. The van der Waals surface area contributed by atoms with Crippen molar-refractivity contribution in [3.05, 3.63) is 23.3 Å². The third-order valence-corrected chi connectivity index (χ3v) is 20.4. The standard InChI is InChI=1S/C53H82O24/c1-8-22(2)45(69)71-26-11-9-25-24-10-12-30-49(4)15-14-32(50(5,20-56)29(49)13-16-51(30,6)52(24,7)17-31(58)53(25,43(26)66)21-70-23(3)57)74-48-41(76-47-38(64)36(62)34(60)28(19-55)73-47)39(65)40(42(77-48)44(67)68)75-46-37(63)35(61)33(59)27(18-54)72-46/h8,10,25-43,46-48,54-56,58-66H,9,11-21H2,1-7H3,(H,67,68)/b22-8-/t25?,26-,27-,28-,29-,30-,31+,32+,33-,34-,35+,36+,37-,38-,39+,40+,41-,42+,43+,46-,47-,48-,49+,50-,51-,52+,53+/m1/s1. The van der Waals surface area contributed by atoms with Crippen molar-refractivity contribution in [2.24, 2.45) is 44.8 Å². The van der Waals surface area contributed by atoms with Crippen LogP contribution in [0.1, 0.15) is 99.8 Å².